The number of para-hydroxylation sites is 1. The number of aromatic nitrogens is 3. The van der Waals surface area contributed by atoms with Gasteiger partial charge < -0.3 is 19.1 Å². The molecule has 4 aromatic rings. The van der Waals surface area contributed by atoms with Crippen molar-refractivity contribution in [3.63, 3.8) is 0 Å². The van der Waals surface area contributed by atoms with Crippen molar-refractivity contribution in [2.45, 2.75) is 32.5 Å². The average molecular weight is 505 g/mol. The molecule has 0 atom stereocenters. The fourth-order valence-corrected chi connectivity index (χ4v) is 4.96. The number of ether oxygens (including phenoxy) is 3. The molecule has 186 valence electrons. The van der Waals surface area contributed by atoms with E-state index in [1.807, 2.05) is 48.5 Å². The molecule has 9 heteroatoms. The zero-order valence-electron chi connectivity index (χ0n) is 20.1. The highest BCUT2D eigenvalue weighted by atomic mass is 32.1. The molecule has 2 aromatic heterocycles. The van der Waals surface area contributed by atoms with Crippen molar-refractivity contribution in [3.05, 3.63) is 76.9 Å². The van der Waals surface area contributed by atoms with Crippen LogP contribution in [-0.4, -0.2) is 41.2 Å². The summed E-state index contributed by atoms with van der Waals surface area (Å²) in [4.78, 5) is 18.6. The molecular formula is C27H28N4O4S. The number of benzene rings is 2. The molecule has 1 aliphatic rings. The maximum atomic E-state index is 11.5. The Bertz CT molecular complexity index is 1300. The maximum absolute atomic E-state index is 11.5. The quantitative estimate of drug-likeness (QED) is 0.271. The molecule has 0 radical (unpaired) electrons. The number of anilines is 1. The number of hydrogen-bond acceptors (Lipinski definition) is 8. The Labute approximate surface area is 214 Å². The normalized spacial score (nSPS) is 13.4. The summed E-state index contributed by atoms with van der Waals surface area (Å²) in [5.74, 6) is 1.52. The molecule has 0 spiro atoms. The highest BCUT2D eigenvalue weighted by Crippen LogP contribution is 2.31. The van der Waals surface area contributed by atoms with Crippen molar-refractivity contribution in [1.82, 2.24) is 14.8 Å². The van der Waals surface area contributed by atoms with E-state index >= 15 is 0 Å². The maximum Gasteiger partial charge on any atom is 0.244 e. The van der Waals surface area contributed by atoms with Crippen LogP contribution in [0.4, 0.5) is 5.13 Å². The van der Waals surface area contributed by atoms with Crippen LogP contribution in [0.15, 0.2) is 60.1 Å². The molecule has 1 aliphatic heterocycles. The average Bonchev–Trinajstić information content (AvgIpc) is 3.59. The van der Waals surface area contributed by atoms with E-state index in [1.165, 1.54) is 19.3 Å². The molecule has 0 unspecified atom stereocenters. The van der Waals surface area contributed by atoms with Crippen LogP contribution >= 0.6 is 11.3 Å². The highest BCUT2D eigenvalue weighted by Gasteiger charge is 2.16. The third-order valence-electron chi connectivity index (χ3n) is 6.00. The van der Waals surface area contributed by atoms with Gasteiger partial charge in [0.25, 0.3) is 0 Å². The van der Waals surface area contributed by atoms with Crippen LogP contribution in [0.1, 0.15) is 40.9 Å². The zero-order chi connectivity index (χ0) is 24.7. The van der Waals surface area contributed by atoms with Crippen molar-refractivity contribution in [1.29, 1.82) is 0 Å². The van der Waals surface area contributed by atoms with Gasteiger partial charge in [-0.05, 0) is 49.1 Å². The number of nitrogens with zero attached hydrogens (tertiary/aromatic N) is 4. The standard InChI is InChI=1S/C27H28N4O4S/c1-33-25-14-20(17-35-26-21(16-32)15-31(29-26)23-8-4-2-5-9-23)10-11-24(25)34-18-22-19-36-27(28-22)30-12-6-3-7-13-30/h2,4-5,8-11,14-16,19H,3,6-7,12-13,17-18H2,1H3. The third-order valence-corrected chi connectivity index (χ3v) is 6.95. The van der Waals surface area contributed by atoms with E-state index in [2.05, 4.69) is 15.4 Å². The molecule has 8 nitrogen and oxygen atoms in total. The molecule has 3 heterocycles. The van der Waals surface area contributed by atoms with Crippen LogP contribution in [0.2, 0.25) is 0 Å². The smallest absolute Gasteiger partial charge is 0.244 e. The molecule has 0 saturated carbocycles. The van der Waals surface area contributed by atoms with Gasteiger partial charge in [-0.2, -0.15) is 0 Å². The summed E-state index contributed by atoms with van der Waals surface area (Å²) in [6.07, 6.45) is 6.15. The first kappa shape index (κ1) is 23.9. The van der Waals surface area contributed by atoms with Crippen molar-refractivity contribution in [3.8, 4) is 23.1 Å². The van der Waals surface area contributed by atoms with Gasteiger partial charge in [-0.25, -0.2) is 9.67 Å². The molecule has 0 N–H and O–H groups in total. The molecule has 5 rings (SSSR count). The van der Waals surface area contributed by atoms with Gasteiger partial charge in [0.1, 0.15) is 13.2 Å². The molecular weight excluding hydrogens is 476 g/mol. The predicted molar refractivity (Wildman–Crippen MR) is 139 cm³/mol. The Hall–Kier alpha value is -3.85. The summed E-state index contributed by atoms with van der Waals surface area (Å²) in [7, 11) is 1.61. The summed E-state index contributed by atoms with van der Waals surface area (Å²) in [5, 5.41) is 7.54. The van der Waals surface area contributed by atoms with E-state index in [1.54, 1.807) is 29.3 Å². The van der Waals surface area contributed by atoms with Gasteiger partial charge in [-0.15, -0.1) is 16.4 Å². The summed E-state index contributed by atoms with van der Waals surface area (Å²) in [5.41, 5.74) is 3.01. The Morgan fingerprint density at radius 1 is 1.00 bits per heavy atom. The lowest BCUT2D eigenvalue weighted by Gasteiger charge is -2.25. The van der Waals surface area contributed by atoms with Crippen molar-refractivity contribution < 1.29 is 19.0 Å². The molecule has 0 aliphatic carbocycles. The number of carbonyl (C=O) groups is 1. The van der Waals surface area contributed by atoms with Crippen molar-refractivity contribution in [2.75, 3.05) is 25.1 Å². The highest BCUT2D eigenvalue weighted by molar-refractivity contribution is 7.13. The molecule has 1 fully saturated rings. The Morgan fingerprint density at radius 2 is 1.83 bits per heavy atom. The number of hydrogen-bond donors (Lipinski definition) is 0. The summed E-state index contributed by atoms with van der Waals surface area (Å²) >= 11 is 1.67. The SMILES string of the molecule is COc1cc(COc2nn(-c3ccccc3)cc2C=O)ccc1OCc1csc(N2CCCCC2)n1. The topological polar surface area (TPSA) is 78.7 Å². The number of carbonyl (C=O) groups excluding carboxylic acids is 1. The van der Waals surface area contributed by atoms with E-state index in [-0.39, 0.29) is 12.5 Å². The molecule has 0 bridgehead atoms. The van der Waals surface area contributed by atoms with Crippen LogP contribution in [-0.2, 0) is 13.2 Å². The van der Waals surface area contributed by atoms with Gasteiger partial charge in [0, 0.05) is 24.7 Å². The molecule has 36 heavy (non-hydrogen) atoms. The zero-order valence-corrected chi connectivity index (χ0v) is 20.9. The second-order valence-corrected chi connectivity index (χ2v) is 9.36. The second kappa shape index (κ2) is 11.3. The van der Waals surface area contributed by atoms with Crippen molar-refractivity contribution in [2.24, 2.45) is 0 Å². The van der Waals surface area contributed by atoms with Crippen LogP contribution < -0.4 is 19.1 Å². The minimum atomic E-state index is 0.231. The Morgan fingerprint density at radius 3 is 2.61 bits per heavy atom. The minimum absolute atomic E-state index is 0.231. The van der Waals surface area contributed by atoms with E-state index in [4.69, 9.17) is 19.2 Å². The molecule has 2 aromatic carbocycles. The Kier molecular flexibility index (Phi) is 7.47. The number of methoxy groups -OCH3 is 1. The van der Waals surface area contributed by atoms with Crippen LogP contribution in [0.3, 0.4) is 0 Å². The van der Waals surface area contributed by atoms with Crippen LogP contribution in [0.5, 0.6) is 17.4 Å². The lowest BCUT2D eigenvalue weighted by Crippen LogP contribution is -2.29. The minimum Gasteiger partial charge on any atom is -0.493 e. The fraction of sp³-hybridized carbons (Fsp3) is 0.296. The predicted octanol–water partition coefficient (Wildman–Crippen LogP) is 5.30. The molecule has 0 amide bonds. The lowest BCUT2D eigenvalue weighted by atomic mass is 10.1. The van der Waals surface area contributed by atoms with Crippen molar-refractivity contribution >= 4 is 22.8 Å². The molecule has 1 saturated heterocycles. The first-order valence-corrected chi connectivity index (χ1v) is 12.8. The van der Waals surface area contributed by atoms with Gasteiger partial charge in [0.2, 0.25) is 5.88 Å². The van der Waals surface area contributed by atoms with E-state index in [0.29, 0.717) is 23.7 Å². The van der Waals surface area contributed by atoms with E-state index < -0.39 is 0 Å². The number of thiazole rings is 1. The first-order chi connectivity index (χ1) is 17.7. The summed E-state index contributed by atoms with van der Waals surface area (Å²) < 4.78 is 19.1. The number of aldehydes is 1. The van der Waals surface area contributed by atoms with Gasteiger partial charge in [0.05, 0.1) is 24.1 Å². The monoisotopic (exact) mass is 504 g/mol. The summed E-state index contributed by atoms with van der Waals surface area (Å²) in [6, 6.07) is 15.2. The first-order valence-electron chi connectivity index (χ1n) is 12.0. The number of rotatable bonds is 10. The second-order valence-electron chi connectivity index (χ2n) is 8.52. The van der Waals surface area contributed by atoms with Crippen LogP contribution in [0, 0.1) is 0 Å². The fourth-order valence-electron chi connectivity index (χ4n) is 4.09. The van der Waals surface area contributed by atoms with Gasteiger partial charge in [-0.1, -0.05) is 24.3 Å². The third kappa shape index (κ3) is 5.52. The van der Waals surface area contributed by atoms with E-state index in [9.17, 15) is 4.79 Å². The largest absolute Gasteiger partial charge is 0.493 e. The number of piperidine rings is 1. The van der Waals surface area contributed by atoms with Crippen LogP contribution in [0.25, 0.3) is 5.69 Å². The summed E-state index contributed by atoms with van der Waals surface area (Å²) in [6.45, 7) is 2.75. The lowest BCUT2D eigenvalue weighted by molar-refractivity contribution is 0.111. The Balaban J connectivity index is 1.22. The van der Waals surface area contributed by atoms with E-state index in [0.717, 1.165) is 41.5 Å². The van der Waals surface area contributed by atoms with Gasteiger partial charge in [-0.3, -0.25) is 4.79 Å². The van der Waals surface area contributed by atoms with Gasteiger partial charge in [0.15, 0.2) is 22.9 Å². The van der Waals surface area contributed by atoms with Gasteiger partial charge >= 0.3 is 0 Å².